The number of esters is 2. The maximum Gasteiger partial charge on any atom is 0.416 e. The number of rotatable bonds is 16. The van der Waals surface area contributed by atoms with Crippen LogP contribution in [-0.2, 0) is 26.7 Å². The molecule has 338 valence electrons. The Morgan fingerprint density at radius 1 is 0.625 bits per heavy atom. The molecule has 9 nitrogen and oxygen atoms in total. The minimum Gasteiger partial charge on any atom is -0.482 e. The maximum atomic E-state index is 14.4. The van der Waals surface area contributed by atoms with Gasteiger partial charge in [0, 0.05) is 22.2 Å². The van der Waals surface area contributed by atoms with Gasteiger partial charge in [-0.3, -0.25) is 0 Å². The van der Waals surface area contributed by atoms with Crippen LogP contribution in [-0.4, -0.2) is 45.1 Å². The monoisotopic (exact) mass is 924 g/mol. The van der Waals surface area contributed by atoms with E-state index in [4.69, 9.17) is 14.2 Å². The average Bonchev–Trinajstić information content (AvgIpc) is 3.96. The number of ether oxygens (including phenoxy) is 3. The number of H-pyrrole nitrogens is 2. The molecule has 2 heterocycles. The van der Waals surface area contributed by atoms with E-state index in [0.717, 1.165) is 4.90 Å². The highest BCUT2D eigenvalue weighted by Gasteiger charge is 2.38. The molecular weight excluding hydrogens is 879 g/mol. The SMILES string of the molecule is Cc1cc(SC(c2ccc(C(C)C)c(C(F)(F)F)c2)c2cnc[nH]2)ccc1OCC(=O)OC(=O)COc1ccc(SC(c2cnc[nH]2)c2ccc(C(C)C)c(C(F)(F)F)c2C)cc1C. The predicted molar refractivity (Wildman–Crippen MR) is 233 cm³/mol. The highest BCUT2D eigenvalue weighted by molar-refractivity contribution is 8.00. The molecule has 6 rings (SSSR count). The van der Waals surface area contributed by atoms with Gasteiger partial charge in [0.15, 0.2) is 13.2 Å². The second-order valence-electron chi connectivity index (χ2n) is 15.7. The molecule has 0 fully saturated rings. The zero-order valence-corrected chi connectivity index (χ0v) is 37.5. The lowest BCUT2D eigenvalue weighted by Gasteiger charge is -2.24. The van der Waals surface area contributed by atoms with E-state index >= 15 is 0 Å². The van der Waals surface area contributed by atoms with Crippen LogP contribution in [0.5, 0.6) is 11.5 Å². The minimum absolute atomic E-state index is 0.138. The first-order valence-electron chi connectivity index (χ1n) is 20.1. The number of thioether (sulfide) groups is 2. The van der Waals surface area contributed by atoms with E-state index in [1.165, 1.54) is 61.3 Å². The van der Waals surface area contributed by atoms with Crippen LogP contribution in [0.1, 0.15) is 111 Å². The molecule has 0 amide bonds. The molecule has 0 saturated heterocycles. The van der Waals surface area contributed by atoms with Gasteiger partial charge in [0.05, 0.1) is 45.7 Å². The number of benzene rings is 4. The third-order valence-electron chi connectivity index (χ3n) is 10.4. The fraction of sp³-hybridized carbons (Fsp3) is 0.319. The number of nitrogens with one attached hydrogen (secondary N) is 2. The van der Waals surface area contributed by atoms with Crippen LogP contribution in [0.15, 0.2) is 102 Å². The fourth-order valence-corrected chi connectivity index (χ4v) is 9.75. The van der Waals surface area contributed by atoms with Crippen LogP contribution >= 0.6 is 23.5 Å². The number of hydrogen-bond acceptors (Lipinski definition) is 9. The summed E-state index contributed by atoms with van der Waals surface area (Å²) in [7, 11) is 0. The molecule has 0 radical (unpaired) electrons. The summed E-state index contributed by atoms with van der Waals surface area (Å²) in [5.41, 5.74) is 2.64. The number of nitrogens with zero attached hydrogens (tertiary/aromatic N) is 2. The number of aromatic nitrogens is 4. The van der Waals surface area contributed by atoms with E-state index in [0.29, 0.717) is 50.0 Å². The van der Waals surface area contributed by atoms with Crippen molar-refractivity contribution in [1.82, 2.24) is 19.9 Å². The number of halogens is 6. The second kappa shape index (κ2) is 20.0. The number of alkyl halides is 6. The van der Waals surface area contributed by atoms with Crippen molar-refractivity contribution in [1.29, 1.82) is 0 Å². The molecule has 64 heavy (non-hydrogen) atoms. The van der Waals surface area contributed by atoms with E-state index in [1.807, 2.05) is 0 Å². The van der Waals surface area contributed by atoms with Gasteiger partial charge in [0.1, 0.15) is 11.5 Å². The van der Waals surface area contributed by atoms with Gasteiger partial charge in [-0.1, -0.05) is 52.0 Å². The summed E-state index contributed by atoms with van der Waals surface area (Å²) in [6.45, 7) is 10.7. The topological polar surface area (TPSA) is 119 Å². The van der Waals surface area contributed by atoms with Gasteiger partial charge in [-0.05, 0) is 114 Å². The van der Waals surface area contributed by atoms with Gasteiger partial charge < -0.3 is 24.2 Å². The van der Waals surface area contributed by atoms with E-state index in [9.17, 15) is 35.9 Å². The Hall–Kier alpha value is -5.68. The molecule has 6 aromatic rings. The number of aryl methyl sites for hydroxylation is 2. The first-order chi connectivity index (χ1) is 30.2. The van der Waals surface area contributed by atoms with Crippen LogP contribution in [0.4, 0.5) is 26.3 Å². The van der Waals surface area contributed by atoms with Crippen LogP contribution in [0.25, 0.3) is 0 Å². The molecule has 0 aliphatic rings. The number of carbonyl (C=O) groups is 2. The lowest BCUT2D eigenvalue weighted by molar-refractivity contribution is -0.162. The van der Waals surface area contributed by atoms with Gasteiger partial charge >= 0.3 is 24.3 Å². The smallest absolute Gasteiger partial charge is 0.416 e. The van der Waals surface area contributed by atoms with Crippen molar-refractivity contribution in [2.24, 2.45) is 0 Å². The Balaban J connectivity index is 1.05. The third kappa shape index (κ3) is 11.5. The Bertz CT molecular complexity index is 2580. The van der Waals surface area contributed by atoms with Gasteiger partial charge in [-0.2, -0.15) is 26.3 Å². The lowest BCUT2D eigenvalue weighted by Crippen LogP contribution is -2.23. The molecule has 17 heteroatoms. The summed E-state index contributed by atoms with van der Waals surface area (Å²) in [4.78, 5) is 40.9. The van der Waals surface area contributed by atoms with E-state index in [-0.39, 0.29) is 28.5 Å². The standard InChI is InChI=1S/C47H46F6N4O5S2/c1-25(2)33-11-8-30(18-36(33)46(48,49)50)44(37-19-54-23-56-37)63-31-9-14-39(27(5)16-31)60-21-41(58)62-42(59)22-61-40-15-10-32(17-28(40)6)64-45(38-20-55-24-57-38)35-13-12-34(26(3)4)43(29(35)7)47(51,52)53/h8-20,23-26,44-45H,21-22H2,1-7H3,(H,54,56)(H,55,57). The largest absolute Gasteiger partial charge is 0.482 e. The van der Waals surface area contributed by atoms with Crippen LogP contribution in [0.2, 0.25) is 0 Å². The first-order valence-corrected chi connectivity index (χ1v) is 21.9. The summed E-state index contributed by atoms with van der Waals surface area (Å²) in [5.74, 6) is -1.93. The van der Waals surface area contributed by atoms with Crippen molar-refractivity contribution in [2.75, 3.05) is 13.2 Å². The predicted octanol–water partition coefficient (Wildman–Crippen LogP) is 12.6. The van der Waals surface area contributed by atoms with Crippen molar-refractivity contribution in [3.63, 3.8) is 0 Å². The Kier molecular flexibility index (Phi) is 14.9. The summed E-state index contributed by atoms with van der Waals surface area (Å²) in [5, 5.41) is -1.11. The van der Waals surface area contributed by atoms with Crippen molar-refractivity contribution >= 4 is 35.5 Å². The Morgan fingerprint density at radius 2 is 1.11 bits per heavy atom. The molecule has 2 aromatic heterocycles. The van der Waals surface area contributed by atoms with Gasteiger partial charge in [0.2, 0.25) is 0 Å². The van der Waals surface area contributed by atoms with E-state index in [2.05, 4.69) is 19.9 Å². The van der Waals surface area contributed by atoms with Gasteiger partial charge in [-0.15, -0.1) is 23.5 Å². The molecule has 0 spiro atoms. The molecule has 2 atom stereocenters. The number of carbonyl (C=O) groups excluding carboxylic acids is 2. The zero-order valence-electron chi connectivity index (χ0n) is 35.9. The number of imidazole rings is 2. The van der Waals surface area contributed by atoms with Crippen LogP contribution < -0.4 is 9.47 Å². The van der Waals surface area contributed by atoms with E-state index in [1.54, 1.807) is 102 Å². The molecule has 0 bridgehead atoms. The summed E-state index contributed by atoms with van der Waals surface area (Å²) >= 11 is 2.64. The number of hydrogen-bond donors (Lipinski definition) is 2. The quantitative estimate of drug-likeness (QED) is 0.0423. The average molecular weight is 925 g/mol. The van der Waals surface area contributed by atoms with Gasteiger partial charge in [0.25, 0.3) is 0 Å². The fourth-order valence-electron chi connectivity index (χ4n) is 7.25. The third-order valence-corrected chi connectivity index (χ3v) is 12.9. The molecule has 0 aliphatic carbocycles. The summed E-state index contributed by atoms with van der Waals surface area (Å²) in [6.07, 6.45) is -3.00. The normalized spacial score (nSPS) is 13.0. The molecular formula is C47H46F6N4O5S2. The molecule has 0 saturated carbocycles. The Morgan fingerprint density at radius 3 is 1.56 bits per heavy atom. The summed E-state index contributed by atoms with van der Waals surface area (Å²) < 4.78 is 102. The molecule has 2 N–H and O–H groups in total. The van der Waals surface area contributed by atoms with Crippen LogP contribution in [0, 0.1) is 20.8 Å². The maximum absolute atomic E-state index is 14.4. The molecule has 4 aromatic carbocycles. The number of aromatic amines is 2. The Labute approximate surface area is 375 Å². The first kappa shape index (κ1) is 47.8. The lowest BCUT2D eigenvalue weighted by atomic mass is 9.89. The minimum atomic E-state index is -4.54. The molecule has 2 unspecified atom stereocenters. The van der Waals surface area contributed by atoms with Crippen molar-refractivity contribution in [2.45, 2.75) is 92.9 Å². The van der Waals surface area contributed by atoms with E-state index < -0.39 is 59.1 Å². The van der Waals surface area contributed by atoms with Crippen LogP contribution in [0.3, 0.4) is 0 Å². The van der Waals surface area contributed by atoms with Crippen molar-refractivity contribution in [3.05, 3.63) is 153 Å². The second-order valence-corrected chi connectivity index (χ2v) is 18.0. The zero-order chi connectivity index (χ0) is 46.5. The summed E-state index contributed by atoms with van der Waals surface area (Å²) in [6, 6.07) is 17.9. The van der Waals surface area contributed by atoms with Crippen molar-refractivity contribution in [3.8, 4) is 11.5 Å². The van der Waals surface area contributed by atoms with Gasteiger partial charge in [-0.25, -0.2) is 19.6 Å². The molecule has 0 aliphatic heterocycles. The van der Waals surface area contributed by atoms with Crippen molar-refractivity contribution < 1.29 is 50.1 Å². The highest BCUT2D eigenvalue weighted by atomic mass is 32.2. The highest BCUT2D eigenvalue weighted by Crippen LogP contribution is 2.47.